The molecule has 3 heterocycles. The van der Waals surface area contributed by atoms with E-state index in [1.807, 2.05) is 66.7 Å². The Balaban J connectivity index is 1.26. The van der Waals surface area contributed by atoms with Gasteiger partial charge < -0.3 is 24.0 Å². The molecule has 5 rings (SSSR count). The van der Waals surface area contributed by atoms with Crippen LogP contribution in [0.3, 0.4) is 0 Å². The van der Waals surface area contributed by atoms with Crippen LogP contribution in [-0.4, -0.2) is 68.6 Å². The number of fused-ring (bicyclic) bond motifs is 1. The van der Waals surface area contributed by atoms with Crippen molar-refractivity contribution in [1.29, 1.82) is 0 Å². The number of amides is 2. The van der Waals surface area contributed by atoms with E-state index < -0.39 is 11.4 Å². The Morgan fingerprint density at radius 3 is 2.37 bits per heavy atom. The van der Waals surface area contributed by atoms with E-state index in [1.54, 1.807) is 16.0 Å². The largest absolute Gasteiger partial charge is 0.490 e. The first-order valence-electron chi connectivity index (χ1n) is 15.9. The molecule has 2 aliphatic rings. The van der Waals surface area contributed by atoms with Crippen LogP contribution in [0, 0.1) is 5.82 Å². The molecule has 1 fully saturated rings. The Bertz CT molecular complexity index is 1560. The van der Waals surface area contributed by atoms with Crippen LogP contribution in [-0.2, 0) is 17.8 Å². The van der Waals surface area contributed by atoms with E-state index in [2.05, 4.69) is 14.9 Å². The second-order valence-electron chi connectivity index (χ2n) is 13.4. The quantitative estimate of drug-likeness (QED) is 0.263. The number of hydrogen-bond acceptors (Lipinski definition) is 8. The predicted octanol–water partition coefficient (Wildman–Crippen LogP) is 6.97. The molecule has 0 saturated carbocycles. The van der Waals surface area contributed by atoms with Crippen molar-refractivity contribution in [2.45, 2.75) is 98.2 Å². The molecule has 0 radical (unpaired) electrons. The smallest absolute Gasteiger partial charge is 0.410 e. The highest BCUT2D eigenvalue weighted by Crippen LogP contribution is 2.36. The molecule has 46 heavy (non-hydrogen) atoms. The zero-order chi connectivity index (χ0) is 33.2. The number of aromatic nitrogens is 2. The van der Waals surface area contributed by atoms with Crippen molar-refractivity contribution in [3.05, 3.63) is 71.4 Å². The SMILES string of the molecule is CC(C)N(C(=O)c1cc(F)ccc1Oc1cncnc1N1CCC(Oc2cccc3c2CN(C(=O)OC(C)(C)C)C3)CC1)C(C)C. The van der Waals surface area contributed by atoms with Crippen LogP contribution < -0.4 is 14.4 Å². The third-order valence-corrected chi connectivity index (χ3v) is 8.03. The summed E-state index contributed by atoms with van der Waals surface area (Å²) in [5, 5.41) is 0. The molecule has 0 atom stereocenters. The fraction of sp³-hybridized carbons (Fsp3) is 0.486. The average Bonchev–Trinajstić information content (AvgIpc) is 3.44. The zero-order valence-electron chi connectivity index (χ0n) is 27.7. The second kappa shape index (κ2) is 13.5. The van der Waals surface area contributed by atoms with Gasteiger partial charge in [0.15, 0.2) is 11.6 Å². The van der Waals surface area contributed by atoms with E-state index in [-0.39, 0.29) is 41.5 Å². The summed E-state index contributed by atoms with van der Waals surface area (Å²) in [5.74, 6) is 1.18. The molecule has 1 saturated heterocycles. The number of benzene rings is 2. The molecule has 0 bridgehead atoms. The van der Waals surface area contributed by atoms with Gasteiger partial charge in [0.2, 0.25) is 0 Å². The molecule has 0 N–H and O–H groups in total. The summed E-state index contributed by atoms with van der Waals surface area (Å²) in [7, 11) is 0. The van der Waals surface area contributed by atoms with Gasteiger partial charge in [-0.1, -0.05) is 12.1 Å². The lowest BCUT2D eigenvalue weighted by Crippen LogP contribution is -2.42. The molecular formula is C35H44FN5O5. The predicted molar refractivity (Wildman–Crippen MR) is 173 cm³/mol. The molecule has 246 valence electrons. The maximum absolute atomic E-state index is 14.4. The van der Waals surface area contributed by atoms with Gasteiger partial charge in [0.05, 0.1) is 18.3 Å². The number of anilines is 1. The number of piperidine rings is 1. The van der Waals surface area contributed by atoms with Gasteiger partial charge in [-0.15, -0.1) is 0 Å². The van der Waals surface area contributed by atoms with E-state index in [1.165, 1.54) is 24.5 Å². The maximum atomic E-state index is 14.4. The first-order chi connectivity index (χ1) is 21.8. The van der Waals surface area contributed by atoms with Crippen LogP contribution in [0.4, 0.5) is 15.0 Å². The number of carbonyl (C=O) groups excluding carboxylic acids is 2. The van der Waals surface area contributed by atoms with Crippen LogP contribution in [0.25, 0.3) is 0 Å². The number of hydrogen-bond donors (Lipinski definition) is 0. The highest BCUT2D eigenvalue weighted by atomic mass is 19.1. The minimum Gasteiger partial charge on any atom is -0.490 e. The molecule has 0 aliphatic carbocycles. The number of halogens is 1. The summed E-state index contributed by atoms with van der Waals surface area (Å²) >= 11 is 0. The van der Waals surface area contributed by atoms with Crippen LogP contribution in [0.15, 0.2) is 48.9 Å². The Morgan fingerprint density at radius 2 is 1.70 bits per heavy atom. The Morgan fingerprint density at radius 1 is 0.978 bits per heavy atom. The lowest BCUT2D eigenvalue weighted by molar-refractivity contribution is 0.0240. The molecule has 10 nitrogen and oxygen atoms in total. The van der Waals surface area contributed by atoms with Crippen molar-refractivity contribution in [3.8, 4) is 17.2 Å². The molecule has 1 aromatic heterocycles. The molecule has 2 aromatic carbocycles. The number of rotatable bonds is 8. The van der Waals surface area contributed by atoms with Crippen LogP contribution >= 0.6 is 0 Å². The molecule has 2 aliphatic heterocycles. The van der Waals surface area contributed by atoms with Gasteiger partial charge in [0, 0.05) is 50.1 Å². The van der Waals surface area contributed by atoms with E-state index in [4.69, 9.17) is 14.2 Å². The third kappa shape index (κ3) is 7.51. The standard InChI is InChI=1S/C35H44FN5O5/c1-22(2)41(23(3)4)33(42)27-17-25(36)11-12-30(27)45-31-18-37-21-38-32(31)39-15-13-26(14-16-39)44-29-10-8-9-24-19-40(20-28(24)29)34(43)46-35(5,6)7/h8-12,17-18,21-23,26H,13-16,19-20H2,1-7H3. The topological polar surface area (TPSA) is 97.3 Å². The zero-order valence-corrected chi connectivity index (χ0v) is 27.7. The van der Waals surface area contributed by atoms with Gasteiger partial charge in [-0.25, -0.2) is 19.2 Å². The van der Waals surface area contributed by atoms with Crippen LogP contribution in [0.2, 0.25) is 0 Å². The van der Waals surface area contributed by atoms with Gasteiger partial charge >= 0.3 is 6.09 Å². The lowest BCUT2D eigenvalue weighted by atomic mass is 10.1. The minimum atomic E-state index is -0.560. The number of ether oxygens (including phenoxy) is 3. The van der Waals surface area contributed by atoms with Crippen molar-refractivity contribution in [1.82, 2.24) is 19.8 Å². The van der Waals surface area contributed by atoms with Gasteiger partial charge in [-0.3, -0.25) is 9.69 Å². The highest BCUT2D eigenvalue weighted by molar-refractivity contribution is 5.97. The molecule has 11 heteroatoms. The van der Waals surface area contributed by atoms with E-state index in [0.717, 1.165) is 29.7 Å². The Labute approximate surface area is 270 Å². The fourth-order valence-corrected chi connectivity index (χ4v) is 6.02. The number of carbonyl (C=O) groups is 2. The van der Waals surface area contributed by atoms with Gasteiger partial charge in [-0.2, -0.15) is 0 Å². The molecular weight excluding hydrogens is 589 g/mol. The summed E-state index contributed by atoms with van der Waals surface area (Å²) in [6, 6.07) is 9.75. The molecule has 0 spiro atoms. The lowest BCUT2D eigenvalue weighted by Gasteiger charge is -2.34. The molecule has 3 aromatic rings. The monoisotopic (exact) mass is 633 g/mol. The second-order valence-corrected chi connectivity index (χ2v) is 13.4. The summed E-state index contributed by atoms with van der Waals surface area (Å²) < 4.78 is 32.7. The first-order valence-corrected chi connectivity index (χ1v) is 15.9. The molecule has 0 unspecified atom stereocenters. The first kappa shape index (κ1) is 33.0. The van der Waals surface area contributed by atoms with Crippen molar-refractivity contribution >= 4 is 17.8 Å². The van der Waals surface area contributed by atoms with Gasteiger partial charge in [-0.05, 0) is 78.3 Å². The average molecular weight is 634 g/mol. The normalized spacial score (nSPS) is 15.3. The fourth-order valence-electron chi connectivity index (χ4n) is 6.02. The van der Waals surface area contributed by atoms with E-state index >= 15 is 0 Å². The number of nitrogens with zero attached hydrogens (tertiary/aromatic N) is 5. The van der Waals surface area contributed by atoms with Gasteiger partial charge in [0.25, 0.3) is 5.91 Å². The van der Waals surface area contributed by atoms with Crippen LogP contribution in [0.1, 0.15) is 82.8 Å². The van der Waals surface area contributed by atoms with Crippen molar-refractivity contribution in [2.75, 3.05) is 18.0 Å². The Kier molecular flexibility index (Phi) is 9.69. The van der Waals surface area contributed by atoms with E-state index in [9.17, 15) is 14.0 Å². The summed E-state index contributed by atoms with van der Waals surface area (Å²) in [6.07, 6.45) is 4.14. The van der Waals surface area contributed by atoms with Crippen molar-refractivity contribution in [3.63, 3.8) is 0 Å². The summed E-state index contributed by atoms with van der Waals surface area (Å²) in [4.78, 5) is 40.4. The van der Waals surface area contributed by atoms with E-state index in [0.29, 0.717) is 37.7 Å². The van der Waals surface area contributed by atoms with Gasteiger partial charge in [0.1, 0.15) is 35.3 Å². The van der Waals surface area contributed by atoms with Crippen LogP contribution in [0.5, 0.6) is 17.2 Å². The highest BCUT2D eigenvalue weighted by Gasteiger charge is 2.32. The van der Waals surface area contributed by atoms with Crippen molar-refractivity contribution < 1.29 is 28.2 Å². The van der Waals surface area contributed by atoms with Crippen molar-refractivity contribution in [2.24, 2.45) is 0 Å². The summed E-state index contributed by atoms with van der Waals surface area (Å²) in [5.41, 5.74) is 1.66. The third-order valence-electron chi connectivity index (χ3n) is 8.03. The Hall–Kier alpha value is -4.41. The molecule has 2 amide bonds. The maximum Gasteiger partial charge on any atom is 0.410 e. The minimum absolute atomic E-state index is 0.0242. The summed E-state index contributed by atoms with van der Waals surface area (Å²) in [6.45, 7) is 15.5.